The smallest absolute Gasteiger partial charge is 0.0754 e. The number of aromatic nitrogens is 2. The maximum atomic E-state index is 6.08. The molecule has 15 heavy (non-hydrogen) atoms. The molecule has 0 amide bonds. The third-order valence-corrected chi connectivity index (χ3v) is 3.25. The molecule has 0 radical (unpaired) electrons. The lowest BCUT2D eigenvalue weighted by molar-refractivity contribution is -0.0819. The molecule has 1 aliphatic rings. The summed E-state index contributed by atoms with van der Waals surface area (Å²) >= 11 is 0. The molecule has 1 aromatic heterocycles. The van der Waals surface area contributed by atoms with Gasteiger partial charge in [-0.15, -0.1) is 0 Å². The molecule has 2 N–H and O–H groups in total. The fourth-order valence-corrected chi connectivity index (χ4v) is 2.07. The minimum atomic E-state index is -0.0704. The highest BCUT2D eigenvalue weighted by atomic mass is 16.5. The van der Waals surface area contributed by atoms with Crippen LogP contribution in [0.1, 0.15) is 37.4 Å². The number of hydrogen-bond donors (Lipinski definition) is 1. The van der Waals surface area contributed by atoms with Gasteiger partial charge in [-0.25, -0.2) is 0 Å². The van der Waals surface area contributed by atoms with Crippen LogP contribution in [0.3, 0.4) is 0 Å². The maximum absolute atomic E-state index is 6.08. The van der Waals surface area contributed by atoms with Crippen LogP contribution >= 0.6 is 0 Å². The molecule has 82 valence electrons. The van der Waals surface area contributed by atoms with E-state index < -0.39 is 0 Å². The van der Waals surface area contributed by atoms with Gasteiger partial charge < -0.3 is 10.5 Å². The van der Waals surface area contributed by atoms with E-state index in [1.165, 1.54) is 6.42 Å². The fraction of sp³-hybridized carbons (Fsp3) is 0.636. The Morgan fingerprint density at radius 1 is 1.53 bits per heavy atom. The Hall–Kier alpha value is -1.00. The number of rotatable bonds is 4. The van der Waals surface area contributed by atoms with Gasteiger partial charge in [-0.05, 0) is 25.7 Å². The number of nitrogens with zero attached hydrogens (tertiary/aromatic N) is 2. The molecular weight excluding hydrogens is 190 g/mol. The number of ether oxygens (including phenoxy) is 1. The van der Waals surface area contributed by atoms with Gasteiger partial charge in [0.2, 0.25) is 0 Å². The van der Waals surface area contributed by atoms with Crippen LogP contribution in [0.4, 0.5) is 0 Å². The fourth-order valence-electron chi connectivity index (χ4n) is 2.07. The monoisotopic (exact) mass is 207 g/mol. The lowest BCUT2D eigenvalue weighted by atomic mass is 9.75. The Balaban J connectivity index is 2.00. The van der Waals surface area contributed by atoms with Crippen molar-refractivity contribution in [3.63, 3.8) is 0 Å². The van der Waals surface area contributed by atoms with Crippen LogP contribution in [-0.2, 0) is 4.74 Å². The summed E-state index contributed by atoms with van der Waals surface area (Å²) in [6.07, 6.45) is 9.35. The summed E-state index contributed by atoms with van der Waals surface area (Å²) in [6.45, 7) is 0. The van der Waals surface area contributed by atoms with Crippen molar-refractivity contribution in [2.75, 3.05) is 7.11 Å². The zero-order valence-corrected chi connectivity index (χ0v) is 9.02. The molecule has 1 aromatic rings. The summed E-state index contributed by atoms with van der Waals surface area (Å²) in [7, 11) is 1.77. The highest BCUT2D eigenvalue weighted by Crippen LogP contribution is 2.40. The van der Waals surface area contributed by atoms with Crippen molar-refractivity contribution in [1.82, 2.24) is 9.97 Å². The van der Waals surface area contributed by atoms with Crippen molar-refractivity contribution >= 4 is 0 Å². The second kappa shape index (κ2) is 4.24. The van der Waals surface area contributed by atoms with E-state index in [1.54, 1.807) is 25.7 Å². The summed E-state index contributed by atoms with van der Waals surface area (Å²) in [5.41, 5.74) is 6.93. The van der Waals surface area contributed by atoms with Crippen molar-refractivity contribution in [3.8, 4) is 0 Å². The second-order valence-electron chi connectivity index (χ2n) is 4.18. The van der Waals surface area contributed by atoms with E-state index in [0.717, 1.165) is 25.0 Å². The summed E-state index contributed by atoms with van der Waals surface area (Å²) in [4.78, 5) is 8.23. The molecule has 4 nitrogen and oxygen atoms in total. The van der Waals surface area contributed by atoms with Crippen LogP contribution < -0.4 is 5.73 Å². The van der Waals surface area contributed by atoms with Crippen molar-refractivity contribution in [3.05, 3.63) is 24.3 Å². The van der Waals surface area contributed by atoms with Gasteiger partial charge in [0.1, 0.15) is 0 Å². The lowest BCUT2D eigenvalue weighted by Gasteiger charge is -2.42. The average molecular weight is 207 g/mol. The Kier molecular flexibility index (Phi) is 2.98. The second-order valence-corrected chi connectivity index (χ2v) is 4.18. The van der Waals surface area contributed by atoms with Crippen LogP contribution in [0, 0.1) is 0 Å². The SMILES string of the molecule is COC1(CC(N)c2cnccn2)CCC1. The zero-order valence-electron chi connectivity index (χ0n) is 9.02. The Labute approximate surface area is 89.9 Å². The largest absolute Gasteiger partial charge is 0.378 e. The first-order chi connectivity index (χ1) is 7.26. The first kappa shape index (κ1) is 10.5. The summed E-state index contributed by atoms with van der Waals surface area (Å²) in [5, 5.41) is 0. The summed E-state index contributed by atoms with van der Waals surface area (Å²) < 4.78 is 5.54. The molecule has 1 saturated carbocycles. The van der Waals surface area contributed by atoms with E-state index in [-0.39, 0.29) is 11.6 Å². The van der Waals surface area contributed by atoms with E-state index >= 15 is 0 Å². The quantitative estimate of drug-likeness (QED) is 0.811. The van der Waals surface area contributed by atoms with Crippen LogP contribution in [0.15, 0.2) is 18.6 Å². The molecule has 0 saturated heterocycles. The van der Waals surface area contributed by atoms with E-state index in [0.29, 0.717) is 0 Å². The van der Waals surface area contributed by atoms with Gasteiger partial charge in [-0.2, -0.15) is 0 Å². The highest BCUT2D eigenvalue weighted by Gasteiger charge is 2.38. The first-order valence-corrected chi connectivity index (χ1v) is 5.32. The third kappa shape index (κ3) is 2.16. The normalized spacial score (nSPS) is 20.7. The average Bonchev–Trinajstić information content (AvgIpc) is 2.24. The molecule has 1 atom stereocenters. The molecule has 1 heterocycles. The number of nitrogens with two attached hydrogens (primary N) is 1. The molecular formula is C11H17N3O. The van der Waals surface area contributed by atoms with Gasteiger partial charge in [-0.3, -0.25) is 9.97 Å². The van der Waals surface area contributed by atoms with Gasteiger partial charge in [0.05, 0.1) is 17.3 Å². The van der Waals surface area contributed by atoms with Crippen molar-refractivity contribution in [2.45, 2.75) is 37.3 Å². The molecule has 1 unspecified atom stereocenters. The Morgan fingerprint density at radius 2 is 2.33 bits per heavy atom. The topological polar surface area (TPSA) is 61.0 Å². The van der Waals surface area contributed by atoms with Gasteiger partial charge in [-0.1, -0.05) is 0 Å². The number of methoxy groups -OCH3 is 1. The molecule has 1 aliphatic carbocycles. The summed E-state index contributed by atoms with van der Waals surface area (Å²) in [5.74, 6) is 0. The van der Waals surface area contributed by atoms with Crippen LogP contribution in [-0.4, -0.2) is 22.7 Å². The van der Waals surface area contributed by atoms with Gasteiger partial charge in [0.15, 0.2) is 0 Å². The maximum Gasteiger partial charge on any atom is 0.0754 e. The molecule has 0 bridgehead atoms. The molecule has 1 fully saturated rings. The third-order valence-electron chi connectivity index (χ3n) is 3.25. The van der Waals surface area contributed by atoms with Crippen molar-refractivity contribution in [1.29, 1.82) is 0 Å². The molecule has 0 aliphatic heterocycles. The van der Waals surface area contributed by atoms with Crippen molar-refractivity contribution < 1.29 is 4.74 Å². The first-order valence-electron chi connectivity index (χ1n) is 5.32. The van der Waals surface area contributed by atoms with Crippen LogP contribution in [0.5, 0.6) is 0 Å². The van der Waals surface area contributed by atoms with E-state index in [2.05, 4.69) is 9.97 Å². The van der Waals surface area contributed by atoms with Crippen LogP contribution in [0.25, 0.3) is 0 Å². The predicted molar refractivity (Wildman–Crippen MR) is 57.2 cm³/mol. The minimum absolute atomic E-state index is 0.00304. The van der Waals surface area contributed by atoms with Gasteiger partial charge >= 0.3 is 0 Å². The zero-order chi connectivity index (χ0) is 10.7. The standard InChI is InChI=1S/C11H17N3O/c1-15-11(3-2-4-11)7-9(12)10-8-13-5-6-14-10/h5-6,8-9H,2-4,7,12H2,1H3. The Morgan fingerprint density at radius 3 is 2.80 bits per heavy atom. The molecule has 4 heteroatoms. The molecule has 2 rings (SSSR count). The molecule has 0 aromatic carbocycles. The minimum Gasteiger partial charge on any atom is -0.378 e. The van der Waals surface area contributed by atoms with Gasteiger partial charge in [0, 0.05) is 25.7 Å². The van der Waals surface area contributed by atoms with E-state index in [9.17, 15) is 0 Å². The van der Waals surface area contributed by atoms with Crippen LogP contribution in [0.2, 0.25) is 0 Å². The van der Waals surface area contributed by atoms with Crippen molar-refractivity contribution in [2.24, 2.45) is 5.73 Å². The van der Waals surface area contributed by atoms with E-state index in [1.807, 2.05) is 0 Å². The highest BCUT2D eigenvalue weighted by molar-refractivity contribution is 5.05. The lowest BCUT2D eigenvalue weighted by Crippen LogP contribution is -2.42. The summed E-state index contributed by atoms with van der Waals surface area (Å²) in [6, 6.07) is -0.0704. The van der Waals surface area contributed by atoms with E-state index in [4.69, 9.17) is 10.5 Å². The Bertz CT molecular complexity index is 305. The predicted octanol–water partition coefficient (Wildman–Crippen LogP) is 1.44. The molecule has 0 spiro atoms. The van der Waals surface area contributed by atoms with Gasteiger partial charge in [0.25, 0.3) is 0 Å². The number of hydrogen-bond acceptors (Lipinski definition) is 4.